The zero-order chi connectivity index (χ0) is 47.2. The van der Waals surface area contributed by atoms with Gasteiger partial charge in [0.15, 0.2) is 0 Å². The molecule has 0 heterocycles. The molecule has 0 spiro atoms. The van der Waals surface area contributed by atoms with Gasteiger partial charge in [0.2, 0.25) is 0 Å². The molecule has 9 aromatic carbocycles. The zero-order valence-electron chi connectivity index (χ0n) is 41.7. The highest BCUT2D eigenvalue weighted by Gasteiger charge is 2.42. The number of rotatable bonds is 19. The van der Waals surface area contributed by atoms with Gasteiger partial charge < -0.3 is 0 Å². The molecule has 1 aliphatic rings. The molecule has 0 amide bonds. The van der Waals surface area contributed by atoms with Crippen molar-refractivity contribution >= 4 is 44.5 Å². The van der Waals surface area contributed by atoms with Crippen LogP contribution < -0.4 is 0 Å². The first-order chi connectivity index (χ1) is 33.9. The van der Waals surface area contributed by atoms with Crippen LogP contribution in [0.3, 0.4) is 0 Å². The molecule has 0 N–H and O–H groups in total. The van der Waals surface area contributed by atoms with Gasteiger partial charge in [0, 0.05) is 5.41 Å². The summed E-state index contributed by atoms with van der Waals surface area (Å²) in [6, 6.07) is 65.2. The van der Waals surface area contributed by atoms with Crippen molar-refractivity contribution < 1.29 is 0 Å². The molecule has 0 radical (unpaired) electrons. The Kier molecular flexibility index (Phi) is 14.1. The lowest BCUT2D eigenvalue weighted by atomic mass is 9.70. The molecular weight excluding hydrogens is 829 g/mol. The summed E-state index contributed by atoms with van der Waals surface area (Å²) in [4.78, 5) is 0. The summed E-state index contributed by atoms with van der Waals surface area (Å²) >= 11 is 0. The van der Waals surface area contributed by atoms with E-state index in [0.717, 1.165) is 0 Å². The second-order valence-corrected chi connectivity index (χ2v) is 20.4. The molecule has 0 unspecified atom stereocenters. The highest BCUT2D eigenvalue weighted by Crippen LogP contribution is 2.55. The minimum absolute atomic E-state index is 0.0206. The predicted octanol–water partition coefficient (Wildman–Crippen LogP) is 20.7. The van der Waals surface area contributed by atoms with Crippen LogP contribution in [0.25, 0.3) is 89.0 Å². The fourth-order valence-electron chi connectivity index (χ4n) is 11.7. The van der Waals surface area contributed by atoms with E-state index in [1.54, 1.807) is 11.1 Å². The average molecular weight is 899 g/mol. The lowest BCUT2D eigenvalue weighted by Gasteiger charge is -2.33. The molecule has 10 rings (SSSR count). The molecule has 1 aliphatic carbocycles. The molecule has 69 heavy (non-hydrogen) atoms. The van der Waals surface area contributed by atoms with Crippen LogP contribution in [-0.4, -0.2) is 0 Å². The standard InChI is InChI=1S/C69H70/c1-5-7-9-11-13-19-41-69(42-20-14-12-10-8-6-2)67-43-50(4)27-38-64(67)65-40-37-55(48-68(65)69)58-45-56(53-34-32-52(33-35-53)31-30-51-28-25-49(3)26-29-51)44-57(46-58)54-36-39-63-61-23-16-15-21-59(61)60-22-17-18-24-62(60)66(63)47-54/h15-18,21-40,43-48H,5-14,19-20,41-42H2,1-4H3/b31-30+. The van der Waals surface area contributed by atoms with E-state index >= 15 is 0 Å². The van der Waals surface area contributed by atoms with Crippen LogP contribution in [0, 0.1) is 13.8 Å². The Hall–Kier alpha value is -6.50. The number of fused-ring (bicyclic) bond motifs is 9. The molecule has 0 nitrogen and oxygen atoms in total. The summed E-state index contributed by atoms with van der Waals surface area (Å²) in [5.41, 5.74) is 18.7. The topological polar surface area (TPSA) is 0 Å². The van der Waals surface area contributed by atoms with E-state index in [4.69, 9.17) is 0 Å². The minimum atomic E-state index is 0.0206. The molecule has 0 saturated carbocycles. The third kappa shape index (κ3) is 9.74. The fourth-order valence-corrected chi connectivity index (χ4v) is 11.7. The van der Waals surface area contributed by atoms with E-state index in [1.807, 2.05) is 0 Å². The summed E-state index contributed by atoms with van der Waals surface area (Å²) in [6.07, 6.45) is 22.7. The van der Waals surface area contributed by atoms with Crippen molar-refractivity contribution in [2.24, 2.45) is 0 Å². The van der Waals surface area contributed by atoms with Crippen molar-refractivity contribution in [3.63, 3.8) is 0 Å². The predicted molar refractivity (Wildman–Crippen MR) is 302 cm³/mol. The summed E-state index contributed by atoms with van der Waals surface area (Å²) in [6.45, 7) is 9.09. The molecule has 9 aromatic rings. The zero-order valence-corrected chi connectivity index (χ0v) is 41.7. The first-order valence-electron chi connectivity index (χ1n) is 26.5. The molecule has 0 aliphatic heterocycles. The van der Waals surface area contributed by atoms with Gasteiger partial charge in [-0.15, -0.1) is 0 Å². The number of aryl methyl sites for hydroxylation is 2. The Bertz CT molecular complexity index is 3200. The van der Waals surface area contributed by atoms with Crippen molar-refractivity contribution in [3.8, 4) is 44.5 Å². The van der Waals surface area contributed by atoms with E-state index in [-0.39, 0.29) is 5.41 Å². The Balaban J connectivity index is 1.10. The monoisotopic (exact) mass is 899 g/mol. The van der Waals surface area contributed by atoms with Crippen molar-refractivity contribution in [1.29, 1.82) is 0 Å². The SMILES string of the molecule is CCCCCCCCC1(CCCCCCCC)c2cc(C)ccc2-c2ccc(-c3cc(-c4ccc(/C=C/c5ccc(C)cc5)cc4)cc(-c4ccc5c6ccccc6c6ccccc6c5c4)c3)cc21. The lowest BCUT2D eigenvalue weighted by molar-refractivity contribution is 0.398. The van der Waals surface area contributed by atoms with Gasteiger partial charge in [0.25, 0.3) is 0 Å². The maximum atomic E-state index is 2.64. The largest absolute Gasteiger partial charge is 0.0654 e. The molecule has 0 heteroatoms. The van der Waals surface area contributed by atoms with E-state index in [0.29, 0.717) is 0 Å². The molecule has 0 atom stereocenters. The van der Waals surface area contributed by atoms with Crippen molar-refractivity contribution in [1.82, 2.24) is 0 Å². The first kappa shape index (κ1) is 46.2. The van der Waals surface area contributed by atoms with Gasteiger partial charge in [-0.3, -0.25) is 0 Å². The fraction of sp³-hybridized carbons (Fsp3) is 0.275. The van der Waals surface area contributed by atoms with Crippen molar-refractivity contribution in [3.05, 3.63) is 203 Å². The maximum Gasteiger partial charge on any atom is 0.0215 e. The molecule has 0 fully saturated rings. The Morgan fingerprint density at radius 2 is 0.725 bits per heavy atom. The van der Waals surface area contributed by atoms with Crippen molar-refractivity contribution in [2.45, 2.75) is 123 Å². The minimum Gasteiger partial charge on any atom is -0.0654 e. The van der Waals surface area contributed by atoms with Crippen LogP contribution in [0.4, 0.5) is 0 Å². The number of unbranched alkanes of at least 4 members (excludes halogenated alkanes) is 10. The average Bonchev–Trinajstić information content (AvgIpc) is 3.65. The van der Waals surface area contributed by atoms with Crippen LogP contribution in [0.2, 0.25) is 0 Å². The molecule has 346 valence electrons. The Morgan fingerprint density at radius 3 is 1.29 bits per heavy atom. The van der Waals surface area contributed by atoms with E-state index in [9.17, 15) is 0 Å². The van der Waals surface area contributed by atoms with Crippen LogP contribution in [0.15, 0.2) is 170 Å². The molecule has 0 aromatic heterocycles. The van der Waals surface area contributed by atoms with E-state index < -0.39 is 0 Å². The van der Waals surface area contributed by atoms with E-state index in [2.05, 4.69) is 210 Å². The van der Waals surface area contributed by atoms with Gasteiger partial charge in [0.1, 0.15) is 0 Å². The lowest BCUT2D eigenvalue weighted by Crippen LogP contribution is -2.25. The van der Waals surface area contributed by atoms with Gasteiger partial charge in [0.05, 0.1) is 0 Å². The highest BCUT2D eigenvalue weighted by atomic mass is 14.5. The van der Waals surface area contributed by atoms with Crippen LogP contribution in [0.5, 0.6) is 0 Å². The highest BCUT2D eigenvalue weighted by molar-refractivity contribution is 6.25. The second-order valence-electron chi connectivity index (χ2n) is 20.4. The van der Waals surface area contributed by atoms with Gasteiger partial charge in [-0.1, -0.05) is 254 Å². The summed E-state index contributed by atoms with van der Waals surface area (Å²) in [5, 5.41) is 7.84. The van der Waals surface area contributed by atoms with Gasteiger partial charge in [-0.2, -0.15) is 0 Å². The second kappa shape index (κ2) is 21.0. The number of benzene rings is 9. The number of hydrogen-bond acceptors (Lipinski definition) is 0. The number of hydrogen-bond donors (Lipinski definition) is 0. The van der Waals surface area contributed by atoms with E-state index in [1.165, 1.54) is 189 Å². The Morgan fingerprint density at radius 1 is 0.319 bits per heavy atom. The molecule has 0 bridgehead atoms. The van der Waals surface area contributed by atoms with Gasteiger partial charge in [-0.25, -0.2) is 0 Å². The quantitative estimate of drug-likeness (QED) is 0.0431. The van der Waals surface area contributed by atoms with Crippen molar-refractivity contribution in [2.75, 3.05) is 0 Å². The third-order valence-electron chi connectivity index (χ3n) is 15.6. The molecular formula is C69H70. The third-order valence-corrected chi connectivity index (χ3v) is 15.6. The van der Waals surface area contributed by atoms with Crippen LogP contribution in [0.1, 0.15) is 137 Å². The summed E-state index contributed by atoms with van der Waals surface area (Å²) < 4.78 is 0. The molecule has 0 saturated heterocycles. The first-order valence-corrected chi connectivity index (χ1v) is 26.5. The van der Waals surface area contributed by atoms with Crippen LogP contribution >= 0.6 is 0 Å². The summed E-state index contributed by atoms with van der Waals surface area (Å²) in [7, 11) is 0. The smallest absolute Gasteiger partial charge is 0.0215 e. The van der Waals surface area contributed by atoms with Gasteiger partial charge in [-0.05, 0) is 156 Å². The summed E-state index contributed by atoms with van der Waals surface area (Å²) in [5.74, 6) is 0. The van der Waals surface area contributed by atoms with Crippen LogP contribution in [-0.2, 0) is 5.41 Å². The Labute approximate surface area is 413 Å². The maximum absolute atomic E-state index is 2.64. The van der Waals surface area contributed by atoms with Gasteiger partial charge >= 0.3 is 0 Å². The normalized spacial score (nSPS) is 12.9.